The van der Waals surface area contributed by atoms with Crippen molar-refractivity contribution in [2.75, 3.05) is 13.2 Å². The van der Waals surface area contributed by atoms with E-state index in [9.17, 15) is 9.18 Å². The molecular weight excluding hydrogens is 337 g/mol. The van der Waals surface area contributed by atoms with Crippen LogP contribution in [-0.4, -0.2) is 25.1 Å². The molecule has 0 spiro atoms. The van der Waals surface area contributed by atoms with Gasteiger partial charge in [-0.3, -0.25) is 0 Å². The van der Waals surface area contributed by atoms with Gasteiger partial charge in [0.15, 0.2) is 5.70 Å². The number of aliphatic imine (C=N–C) groups is 1. The average molecular weight is 355 g/mol. The van der Waals surface area contributed by atoms with Crippen LogP contribution < -0.4 is 9.47 Å². The minimum absolute atomic E-state index is 0.144. The first-order valence-electron chi connectivity index (χ1n) is 8.29. The Morgan fingerprint density at radius 1 is 1.08 bits per heavy atom. The van der Waals surface area contributed by atoms with Gasteiger partial charge in [-0.15, -0.1) is 0 Å². The van der Waals surface area contributed by atoms with Crippen molar-refractivity contribution in [1.82, 2.24) is 0 Å². The quantitative estimate of drug-likeness (QED) is 0.581. The van der Waals surface area contributed by atoms with Crippen LogP contribution in [0.1, 0.15) is 25.0 Å². The number of hydrogen-bond donors (Lipinski definition) is 0. The zero-order valence-electron chi connectivity index (χ0n) is 14.5. The van der Waals surface area contributed by atoms with Gasteiger partial charge in [0.05, 0.1) is 13.2 Å². The Morgan fingerprint density at radius 3 is 2.50 bits per heavy atom. The van der Waals surface area contributed by atoms with E-state index in [0.29, 0.717) is 35.8 Å². The molecule has 1 aliphatic heterocycles. The molecule has 2 aromatic carbocycles. The molecular formula is C20H18FNO4. The monoisotopic (exact) mass is 355 g/mol. The third-order valence-corrected chi connectivity index (χ3v) is 3.60. The summed E-state index contributed by atoms with van der Waals surface area (Å²) in [6.07, 6.45) is 1.60. The van der Waals surface area contributed by atoms with E-state index in [4.69, 9.17) is 14.2 Å². The molecule has 0 saturated heterocycles. The molecule has 3 rings (SSSR count). The van der Waals surface area contributed by atoms with Gasteiger partial charge in [0.1, 0.15) is 17.3 Å². The normalized spacial score (nSPS) is 15.0. The van der Waals surface area contributed by atoms with E-state index >= 15 is 0 Å². The Labute approximate surface area is 150 Å². The van der Waals surface area contributed by atoms with E-state index in [1.54, 1.807) is 24.3 Å². The third-order valence-electron chi connectivity index (χ3n) is 3.60. The van der Waals surface area contributed by atoms with Crippen molar-refractivity contribution in [2.45, 2.75) is 13.8 Å². The van der Waals surface area contributed by atoms with Gasteiger partial charge < -0.3 is 14.2 Å². The van der Waals surface area contributed by atoms with Gasteiger partial charge in [0, 0.05) is 17.2 Å². The summed E-state index contributed by atoms with van der Waals surface area (Å²) in [6, 6.07) is 10.9. The van der Waals surface area contributed by atoms with Gasteiger partial charge in [-0.05, 0) is 56.3 Å². The highest BCUT2D eigenvalue weighted by molar-refractivity contribution is 6.12. The van der Waals surface area contributed by atoms with Crippen molar-refractivity contribution >= 4 is 17.9 Å². The largest absolute Gasteiger partial charge is 0.494 e. The standard InChI is InChI=1S/C20H18FNO4/c1-3-24-16-10-7-14(18(12-16)25-4-2)11-17-20(23)26-19(22-17)13-5-8-15(21)9-6-13/h5-12H,3-4H2,1-2H3/b17-11+. The van der Waals surface area contributed by atoms with Crippen LogP contribution >= 0.6 is 0 Å². The predicted molar refractivity (Wildman–Crippen MR) is 95.8 cm³/mol. The highest BCUT2D eigenvalue weighted by Gasteiger charge is 2.24. The van der Waals surface area contributed by atoms with E-state index in [1.807, 2.05) is 13.8 Å². The predicted octanol–water partition coefficient (Wildman–Crippen LogP) is 3.97. The summed E-state index contributed by atoms with van der Waals surface area (Å²) in [4.78, 5) is 16.3. The smallest absolute Gasteiger partial charge is 0.363 e. The van der Waals surface area contributed by atoms with Crippen molar-refractivity contribution in [1.29, 1.82) is 0 Å². The number of cyclic esters (lactones) is 1. The highest BCUT2D eigenvalue weighted by Crippen LogP contribution is 2.29. The minimum Gasteiger partial charge on any atom is -0.494 e. The first kappa shape index (κ1) is 17.7. The second-order valence-electron chi connectivity index (χ2n) is 5.41. The molecule has 0 bridgehead atoms. The van der Waals surface area contributed by atoms with Gasteiger partial charge in [-0.25, -0.2) is 14.2 Å². The first-order valence-corrected chi connectivity index (χ1v) is 8.29. The lowest BCUT2D eigenvalue weighted by Crippen LogP contribution is -2.05. The molecule has 26 heavy (non-hydrogen) atoms. The molecule has 0 saturated carbocycles. The Morgan fingerprint density at radius 2 is 1.81 bits per heavy atom. The van der Waals surface area contributed by atoms with Crippen LogP contribution in [-0.2, 0) is 9.53 Å². The Kier molecular flexibility index (Phi) is 5.31. The van der Waals surface area contributed by atoms with Crippen molar-refractivity contribution in [3.8, 4) is 11.5 Å². The summed E-state index contributed by atoms with van der Waals surface area (Å²) in [5, 5.41) is 0. The molecule has 1 heterocycles. The zero-order valence-corrected chi connectivity index (χ0v) is 14.5. The second kappa shape index (κ2) is 7.82. The Hall–Kier alpha value is -3.15. The van der Waals surface area contributed by atoms with Crippen LogP contribution in [0.5, 0.6) is 11.5 Å². The van der Waals surface area contributed by atoms with Crippen molar-refractivity contribution < 1.29 is 23.4 Å². The maximum atomic E-state index is 13.0. The van der Waals surface area contributed by atoms with Crippen LogP contribution in [0, 0.1) is 5.82 Å². The fraction of sp³-hybridized carbons (Fsp3) is 0.200. The summed E-state index contributed by atoms with van der Waals surface area (Å²) in [5.41, 5.74) is 1.36. The van der Waals surface area contributed by atoms with E-state index in [0.717, 1.165) is 0 Å². The molecule has 0 unspecified atom stereocenters. The minimum atomic E-state index is -0.569. The molecule has 6 heteroatoms. The van der Waals surface area contributed by atoms with Crippen LogP contribution in [0.25, 0.3) is 6.08 Å². The van der Waals surface area contributed by atoms with Crippen molar-refractivity contribution in [3.05, 3.63) is 65.1 Å². The van der Waals surface area contributed by atoms with Gasteiger partial charge in [0.25, 0.3) is 0 Å². The van der Waals surface area contributed by atoms with Crippen LogP contribution in [0.2, 0.25) is 0 Å². The molecule has 1 aliphatic rings. The summed E-state index contributed by atoms with van der Waals surface area (Å²) in [7, 11) is 0. The topological polar surface area (TPSA) is 57.1 Å². The number of carbonyl (C=O) groups is 1. The summed E-state index contributed by atoms with van der Waals surface area (Å²) in [6.45, 7) is 4.79. The van der Waals surface area contributed by atoms with Crippen LogP contribution in [0.3, 0.4) is 0 Å². The number of carbonyl (C=O) groups excluding carboxylic acids is 1. The fourth-order valence-corrected chi connectivity index (χ4v) is 2.44. The number of nitrogens with zero attached hydrogens (tertiary/aromatic N) is 1. The van der Waals surface area contributed by atoms with E-state index in [-0.39, 0.29) is 17.4 Å². The lowest BCUT2D eigenvalue weighted by molar-refractivity contribution is -0.129. The molecule has 0 N–H and O–H groups in total. The summed E-state index contributed by atoms with van der Waals surface area (Å²) in [5.74, 6) is 0.475. The Balaban J connectivity index is 1.93. The highest BCUT2D eigenvalue weighted by atomic mass is 19.1. The average Bonchev–Trinajstić information content (AvgIpc) is 2.99. The van der Waals surface area contributed by atoms with Crippen molar-refractivity contribution in [2.24, 2.45) is 4.99 Å². The number of ether oxygens (including phenoxy) is 3. The van der Waals surface area contributed by atoms with E-state index < -0.39 is 5.97 Å². The zero-order chi connectivity index (χ0) is 18.5. The number of halogens is 1. The number of rotatable bonds is 6. The molecule has 0 radical (unpaired) electrons. The maximum absolute atomic E-state index is 13.0. The molecule has 0 amide bonds. The molecule has 5 nitrogen and oxygen atoms in total. The SMILES string of the molecule is CCOc1ccc(/C=C2/N=C(c3ccc(F)cc3)OC2=O)c(OCC)c1. The summed E-state index contributed by atoms with van der Waals surface area (Å²) < 4.78 is 29.3. The third kappa shape index (κ3) is 3.91. The lowest BCUT2D eigenvalue weighted by Gasteiger charge is -2.10. The van der Waals surface area contributed by atoms with Crippen LogP contribution in [0.15, 0.2) is 53.2 Å². The molecule has 2 aromatic rings. The first-order chi connectivity index (χ1) is 12.6. The van der Waals surface area contributed by atoms with Crippen molar-refractivity contribution in [3.63, 3.8) is 0 Å². The molecule has 0 aromatic heterocycles. The number of hydrogen-bond acceptors (Lipinski definition) is 5. The summed E-state index contributed by atoms with van der Waals surface area (Å²) >= 11 is 0. The molecule has 0 fully saturated rings. The Bertz CT molecular complexity index is 872. The number of benzene rings is 2. The molecule has 134 valence electrons. The second-order valence-corrected chi connectivity index (χ2v) is 5.41. The van der Waals surface area contributed by atoms with Crippen LogP contribution in [0.4, 0.5) is 4.39 Å². The number of esters is 1. The van der Waals surface area contributed by atoms with E-state index in [2.05, 4.69) is 4.99 Å². The maximum Gasteiger partial charge on any atom is 0.363 e. The van der Waals surface area contributed by atoms with E-state index in [1.165, 1.54) is 24.3 Å². The molecule has 0 aliphatic carbocycles. The fourth-order valence-electron chi connectivity index (χ4n) is 2.44. The van der Waals surface area contributed by atoms with Gasteiger partial charge in [-0.2, -0.15) is 0 Å². The lowest BCUT2D eigenvalue weighted by atomic mass is 10.1. The molecule has 0 atom stereocenters. The van der Waals surface area contributed by atoms with Gasteiger partial charge in [-0.1, -0.05) is 0 Å². The van der Waals surface area contributed by atoms with Gasteiger partial charge in [0.2, 0.25) is 5.90 Å². The van der Waals surface area contributed by atoms with Gasteiger partial charge >= 0.3 is 5.97 Å².